The van der Waals surface area contributed by atoms with Gasteiger partial charge in [-0.15, -0.1) is 5.10 Å². The number of amides is 2. The molecule has 0 saturated carbocycles. The molecule has 50 heavy (non-hydrogen) atoms. The number of nitriles is 1. The third kappa shape index (κ3) is 7.82. The van der Waals surface area contributed by atoms with Crippen molar-refractivity contribution in [1.82, 2.24) is 40.4 Å². The smallest absolute Gasteiger partial charge is 0.309 e. The highest BCUT2D eigenvalue weighted by molar-refractivity contribution is 6.30. The first-order chi connectivity index (χ1) is 24.2. The summed E-state index contributed by atoms with van der Waals surface area (Å²) in [4.78, 5) is 48.8. The zero-order valence-corrected chi connectivity index (χ0v) is 27.9. The number of ether oxygens (including phenoxy) is 1. The normalized spacial score (nSPS) is 19.1. The lowest BCUT2D eigenvalue weighted by Crippen LogP contribution is -2.42. The number of β-amino-alcohol motifs (C(OH)–C–C–N with tert-alkyl or cyclic N) is 1. The van der Waals surface area contributed by atoms with Crippen molar-refractivity contribution in [2.24, 2.45) is 0 Å². The summed E-state index contributed by atoms with van der Waals surface area (Å²) in [6.45, 7) is 0.701. The number of benzene rings is 2. The van der Waals surface area contributed by atoms with Crippen LogP contribution in [0.15, 0.2) is 48.8 Å². The number of nitrogens with one attached hydrogen (secondary N) is 3. The molecule has 0 unspecified atom stereocenters. The van der Waals surface area contributed by atoms with Gasteiger partial charge in [0, 0.05) is 41.0 Å². The van der Waals surface area contributed by atoms with Crippen molar-refractivity contribution in [1.29, 1.82) is 5.26 Å². The van der Waals surface area contributed by atoms with E-state index < -0.39 is 30.1 Å². The summed E-state index contributed by atoms with van der Waals surface area (Å²) in [5, 5.41) is 38.5. The van der Waals surface area contributed by atoms with Crippen LogP contribution >= 0.6 is 11.6 Å². The number of carbonyl (C=O) groups excluding carboxylic acids is 3. The number of halogens is 1. The van der Waals surface area contributed by atoms with E-state index in [2.05, 4.69) is 42.2 Å². The van der Waals surface area contributed by atoms with Gasteiger partial charge < -0.3 is 30.4 Å². The molecule has 4 aromatic rings. The fraction of sp³-hybridized carbons (Fsp3) is 0.353. The average molecular weight is 699 g/mol. The molecule has 15 nitrogen and oxygen atoms in total. The van der Waals surface area contributed by atoms with Gasteiger partial charge in [0.1, 0.15) is 24.3 Å². The van der Waals surface area contributed by atoms with E-state index in [4.69, 9.17) is 16.3 Å². The minimum atomic E-state index is -0.650. The number of fused-ring (bicyclic) bond motifs is 4. The number of aromatic amines is 1. The predicted octanol–water partition coefficient (Wildman–Crippen LogP) is 3.11. The first-order valence-electron chi connectivity index (χ1n) is 16.2. The number of aliphatic hydroxyl groups excluding tert-OH is 1. The number of nitrogens with zero attached hydrogens (tertiary/aromatic N) is 7. The predicted molar refractivity (Wildman–Crippen MR) is 182 cm³/mol. The van der Waals surface area contributed by atoms with E-state index in [0.29, 0.717) is 83.3 Å². The highest BCUT2D eigenvalue weighted by Gasteiger charge is 2.31. The third-order valence-electron chi connectivity index (χ3n) is 8.74. The lowest BCUT2D eigenvalue weighted by molar-refractivity contribution is -0.139. The van der Waals surface area contributed by atoms with Crippen LogP contribution in [-0.2, 0) is 25.5 Å². The summed E-state index contributed by atoms with van der Waals surface area (Å²) in [6, 6.07) is 11.3. The number of aromatic nitrogens is 6. The Hall–Kier alpha value is -5.59. The Morgan fingerprint density at radius 3 is 2.76 bits per heavy atom. The monoisotopic (exact) mass is 698 g/mol. The molecule has 3 atom stereocenters. The second-order valence-electron chi connectivity index (χ2n) is 12.2. The van der Waals surface area contributed by atoms with Crippen molar-refractivity contribution < 1.29 is 24.2 Å². The van der Waals surface area contributed by atoms with Gasteiger partial charge in [0.05, 0.1) is 37.1 Å². The number of hydrogen-bond acceptors (Lipinski definition) is 11. The van der Waals surface area contributed by atoms with E-state index in [1.807, 2.05) is 0 Å². The van der Waals surface area contributed by atoms with Crippen LogP contribution in [0.1, 0.15) is 60.8 Å². The molecule has 2 aliphatic heterocycles. The Morgan fingerprint density at radius 2 is 2.02 bits per heavy atom. The zero-order chi connectivity index (χ0) is 35.2. The minimum Gasteiger partial charge on any atom is -0.469 e. The van der Waals surface area contributed by atoms with E-state index in [1.54, 1.807) is 47.4 Å². The molecule has 2 amide bonds. The number of imidazole rings is 1. The lowest BCUT2D eigenvalue weighted by atomic mass is 9.99. The van der Waals surface area contributed by atoms with E-state index in [1.165, 1.54) is 24.2 Å². The Morgan fingerprint density at radius 1 is 1.18 bits per heavy atom. The fourth-order valence-corrected chi connectivity index (χ4v) is 6.40. The molecular formula is C34H35ClN10O5. The fourth-order valence-electron chi connectivity index (χ4n) is 6.22. The molecule has 0 radical (unpaired) electrons. The van der Waals surface area contributed by atoms with Crippen molar-refractivity contribution in [2.75, 3.05) is 25.5 Å². The molecular weight excluding hydrogens is 664 g/mol. The zero-order valence-electron chi connectivity index (χ0n) is 27.2. The molecule has 0 aliphatic carbocycles. The number of hydrogen-bond donors (Lipinski definition) is 4. The van der Waals surface area contributed by atoms with E-state index in [9.17, 15) is 24.8 Å². The molecule has 16 heteroatoms. The van der Waals surface area contributed by atoms with Crippen LogP contribution in [0.4, 0.5) is 5.69 Å². The maximum Gasteiger partial charge on any atom is 0.309 e. The number of esters is 1. The van der Waals surface area contributed by atoms with Crippen molar-refractivity contribution in [2.45, 2.75) is 56.7 Å². The number of anilines is 1. The van der Waals surface area contributed by atoms with Gasteiger partial charge in [-0.1, -0.05) is 36.6 Å². The van der Waals surface area contributed by atoms with Crippen LogP contribution in [0.2, 0.25) is 5.02 Å². The number of tetrazole rings is 1. The second-order valence-corrected chi connectivity index (χ2v) is 12.6. The van der Waals surface area contributed by atoms with E-state index >= 15 is 0 Å². The number of H-pyrrole nitrogens is 1. The molecule has 2 bridgehead atoms. The highest BCUT2D eigenvalue weighted by Crippen LogP contribution is 2.34. The maximum absolute atomic E-state index is 13.8. The molecule has 2 aromatic carbocycles. The van der Waals surface area contributed by atoms with Crippen LogP contribution < -0.4 is 10.6 Å². The van der Waals surface area contributed by atoms with Crippen molar-refractivity contribution >= 4 is 41.1 Å². The number of likely N-dealkylation sites (tertiary alicyclic amines) is 1. The minimum absolute atomic E-state index is 0.00967. The Kier molecular flexibility index (Phi) is 10.5. The first-order valence-corrected chi connectivity index (χ1v) is 16.5. The van der Waals surface area contributed by atoms with Gasteiger partial charge in [-0.3, -0.25) is 14.4 Å². The van der Waals surface area contributed by atoms with Gasteiger partial charge in [-0.25, -0.2) is 4.98 Å². The summed E-state index contributed by atoms with van der Waals surface area (Å²) >= 11 is 6.24. The topological polar surface area (TPSA) is 204 Å². The highest BCUT2D eigenvalue weighted by atomic mass is 35.5. The quantitative estimate of drug-likeness (QED) is 0.163. The Bertz CT molecular complexity index is 1950. The van der Waals surface area contributed by atoms with Crippen molar-refractivity contribution in [3.63, 3.8) is 0 Å². The molecule has 258 valence electrons. The summed E-state index contributed by atoms with van der Waals surface area (Å²) in [5.74, 6) is -0.575. The first kappa shape index (κ1) is 34.3. The van der Waals surface area contributed by atoms with Gasteiger partial charge in [0.2, 0.25) is 11.8 Å². The largest absolute Gasteiger partial charge is 0.469 e. The molecule has 2 aliphatic rings. The maximum atomic E-state index is 13.8. The van der Waals surface area contributed by atoms with Crippen LogP contribution in [0, 0.1) is 11.3 Å². The Labute approximate surface area is 292 Å². The number of carbonyl (C=O) groups is 3. The summed E-state index contributed by atoms with van der Waals surface area (Å²) in [5.41, 5.74) is 3.48. The number of rotatable bonds is 7. The second kappa shape index (κ2) is 15.3. The average Bonchev–Trinajstić information content (AvgIpc) is 3.89. The molecule has 2 aromatic heterocycles. The summed E-state index contributed by atoms with van der Waals surface area (Å²) < 4.78 is 6.32. The Balaban J connectivity index is 1.32. The molecule has 4 N–H and O–H groups in total. The van der Waals surface area contributed by atoms with Gasteiger partial charge in [0.25, 0.3) is 0 Å². The van der Waals surface area contributed by atoms with Gasteiger partial charge in [0.15, 0.2) is 5.69 Å². The third-order valence-corrected chi connectivity index (χ3v) is 8.98. The lowest BCUT2D eigenvalue weighted by Gasteiger charge is -2.27. The van der Waals surface area contributed by atoms with Crippen LogP contribution in [0.5, 0.6) is 0 Å². The van der Waals surface area contributed by atoms with Gasteiger partial charge in [-0.2, -0.15) is 9.94 Å². The van der Waals surface area contributed by atoms with Crippen LogP contribution in [0.3, 0.4) is 0 Å². The van der Waals surface area contributed by atoms with E-state index in [-0.39, 0.29) is 24.6 Å². The van der Waals surface area contributed by atoms with Crippen molar-refractivity contribution in [3.05, 3.63) is 76.5 Å². The molecule has 0 spiro atoms. The van der Waals surface area contributed by atoms with Crippen LogP contribution in [-0.4, -0.2) is 90.3 Å². The SMILES string of the molecule is COC(=O)Cc1ccc2c(c1)N[C@@H](C(=O)N1CC[C@H](O)C1)CCCC[C@H](NC(=O)/C=C/c1cc(Cl)ccc1-n1cnnn1)c1nc(C#N)c-2[nH]1. The summed E-state index contributed by atoms with van der Waals surface area (Å²) in [7, 11) is 1.31. The van der Waals surface area contributed by atoms with Gasteiger partial charge >= 0.3 is 5.97 Å². The van der Waals surface area contributed by atoms with E-state index in [0.717, 1.165) is 0 Å². The number of methoxy groups -OCH3 is 1. The molecule has 1 saturated heterocycles. The van der Waals surface area contributed by atoms with Crippen LogP contribution in [0.25, 0.3) is 23.0 Å². The number of aliphatic hydroxyl groups is 1. The molecule has 1 fully saturated rings. The van der Waals surface area contributed by atoms with Crippen molar-refractivity contribution in [3.8, 4) is 23.0 Å². The molecule has 4 heterocycles. The molecule has 6 rings (SSSR count). The standard InChI is InChI=1S/C34H35ClN10O5/c1-50-31(48)15-20-6-9-24-27(14-20)38-26(34(49)44-13-12-23(46)18-44)5-3-2-4-25(33-40-28(17-36)32(24)41-33)39-30(47)11-7-21-16-22(35)8-10-29(21)45-19-37-42-43-45/h6-11,14,16,19,23,25-26,38,46H,2-5,12-13,15,18H2,1H3,(H,39,47)(H,40,41)/b11-7+/t23-,25-,26+/m0/s1. The summed E-state index contributed by atoms with van der Waals surface area (Å²) in [6.07, 6.45) is 6.55. The van der Waals surface area contributed by atoms with Gasteiger partial charge in [-0.05, 0) is 65.6 Å².